The standard InChI is InChI=1S/C11H23N3O2/c1-2-13-11(16)10-9-12-5-7-14(10)6-3-4-8-15/h10,12,15H,2-9H2,1H3,(H,13,16). The Labute approximate surface area is 97.2 Å². The van der Waals surface area contributed by atoms with Gasteiger partial charge in [0.15, 0.2) is 0 Å². The highest BCUT2D eigenvalue weighted by molar-refractivity contribution is 5.82. The summed E-state index contributed by atoms with van der Waals surface area (Å²) in [5.74, 6) is 0.110. The fourth-order valence-electron chi connectivity index (χ4n) is 1.99. The summed E-state index contributed by atoms with van der Waals surface area (Å²) in [4.78, 5) is 14.0. The summed E-state index contributed by atoms with van der Waals surface area (Å²) in [6.45, 7) is 6.32. The van der Waals surface area contributed by atoms with Crippen LogP contribution in [0.5, 0.6) is 0 Å². The molecule has 0 aromatic heterocycles. The van der Waals surface area contributed by atoms with E-state index in [1.807, 2.05) is 6.92 Å². The van der Waals surface area contributed by atoms with E-state index in [4.69, 9.17) is 5.11 Å². The molecule has 1 fully saturated rings. The predicted octanol–water partition coefficient (Wildman–Crippen LogP) is -0.831. The zero-order chi connectivity index (χ0) is 11.8. The van der Waals surface area contributed by atoms with Gasteiger partial charge < -0.3 is 15.7 Å². The Bertz CT molecular complexity index is 211. The Morgan fingerprint density at radius 2 is 2.38 bits per heavy atom. The highest BCUT2D eigenvalue weighted by Gasteiger charge is 2.27. The van der Waals surface area contributed by atoms with Crippen LogP contribution in [0.3, 0.4) is 0 Å². The Morgan fingerprint density at radius 1 is 1.56 bits per heavy atom. The minimum Gasteiger partial charge on any atom is -0.396 e. The van der Waals surface area contributed by atoms with Crippen LogP contribution in [0, 0.1) is 0 Å². The fraction of sp³-hybridized carbons (Fsp3) is 0.909. The molecule has 5 nitrogen and oxygen atoms in total. The average Bonchev–Trinajstić information content (AvgIpc) is 2.30. The molecule has 0 saturated carbocycles. The molecule has 1 atom stereocenters. The smallest absolute Gasteiger partial charge is 0.238 e. The minimum absolute atomic E-state index is 0.0487. The van der Waals surface area contributed by atoms with Gasteiger partial charge in [-0.2, -0.15) is 0 Å². The number of carbonyl (C=O) groups is 1. The number of unbranched alkanes of at least 4 members (excludes halogenated alkanes) is 1. The number of aliphatic hydroxyl groups is 1. The largest absolute Gasteiger partial charge is 0.396 e. The third kappa shape index (κ3) is 4.08. The van der Waals surface area contributed by atoms with Crippen molar-refractivity contribution in [1.29, 1.82) is 0 Å². The first-order valence-corrected chi connectivity index (χ1v) is 6.13. The molecule has 3 N–H and O–H groups in total. The lowest BCUT2D eigenvalue weighted by atomic mass is 10.1. The molecule has 1 aliphatic rings. The highest BCUT2D eigenvalue weighted by Crippen LogP contribution is 2.05. The van der Waals surface area contributed by atoms with Crippen LogP contribution < -0.4 is 10.6 Å². The van der Waals surface area contributed by atoms with E-state index in [2.05, 4.69) is 15.5 Å². The molecule has 1 saturated heterocycles. The van der Waals surface area contributed by atoms with Gasteiger partial charge in [-0.25, -0.2) is 0 Å². The zero-order valence-electron chi connectivity index (χ0n) is 10.0. The lowest BCUT2D eigenvalue weighted by molar-refractivity contribution is -0.127. The van der Waals surface area contributed by atoms with E-state index in [0.29, 0.717) is 6.54 Å². The topological polar surface area (TPSA) is 64.6 Å². The molecule has 0 aromatic carbocycles. The van der Waals surface area contributed by atoms with E-state index in [1.54, 1.807) is 0 Å². The summed E-state index contributed by atoms with van der Waals surface area (Å²) in [7, 11) is 0. The van der Waals surface area contributed by atoms with Gasteiger partial charge in [-0.15, -0.1) is 0 Å². The Balaban J connectivity index is 2.40. The van der Waals surface area contributed by atoms with E-state index >= 15 is 0 Å². The minimum atomic E-state index is -0.0487. The number of rotatable bonds is 6. The van der Waals surface area contributed by atoms with Crippen molar-refractivity contribution in [2.24, 2.45) is 0 Å². The molecule has 1 aliphatic heterocycles. The van der Waals surface area contributed by atoms with Crippen LogP contribution in [0.25, 0.3) is 0 Å². The van der Waals surface area contributed by atoms with E-state index in [9.17, 15) is 4.79 Å². The molecule has 0 aromatic rings. The van der Waals surface area contributed by atoms with Crippen LogP contribution >= 0.6 is 0 Å². The maximum absolute atomic E-state index is 11.8. The number of piperazine rings is 1. The third-order valence-corrected chi connectivity index (χ3v) is 2.86. The number of aliphatic hydroxyl groups excluding tert-OH is 1. The first-order chi connectivity index (χ1) is 7.79. The molecule has 1 unspecified atom stereocenters. The molecule has 1 heterocycles. The van der Waals surface area contributed by atoms with Gasteiger partial charge in [-0.3, -0.25) is 9.69 Å². The summed E-state index contributed by atoms with van der Waals surface area (Å²) in [6.07, 6.45) is 1.76. The van der Waals surface area contributed by atoms with Crippen LogP contribution in [-0.2, 0) is 4.79 Å². The van der Waals surface area contributed by atoms with Gasteiger partial charge in [-0.1, -0.05) is 0 Å². The van der Waals surface area contributed by atoms with Crippen LogP contribution in [0.2, 0.25) is 0 Å². The SMILES string of the molecule is CCNC(=O)C1CNCCN1CCCCO. The van der Waals surface area contributed by atoms with E-state index < -0.39 is 0 Å². The van der Waals surface area contributed by atoms with Gasteiger partial charge in [0.25, 0.3) is 0 Å². The molecule has 0 radical (unpaired) electrons. The monoisotopic (exact) mass is 229 g/mol. The number of hydrogen-bond donors (Lipinski definition) is 3. The number of hydrogen-bond acceptors (Lipinski definition) is 4. The van der Waals surface area contributed by atoms with Crippen molar-refractivity contribution in [3.8, 4) is 0 Å². The maximum Gasteiger partial charge on any atom is 0.238 e. The number of likely N-dealkylation sites (N-methyl/N-ethyl adjacent to an activating group) is 1. The van der Waals surface area contributed by atoms with Crippen molar-refractivity contribution < 1.29 is 9.90 Å². The first kappa shape index (κ1) is 13.4. The number of amides is 1. The zero-order valence-corrected chi connectivity index (χ0v) is 10.0. The molecule has 0 aliphatic carbocycles. The second-order valence-corrected chi connectivity index (χ2v) is 4.08. The molecule has 1 rings (SSSR count). The number of nitrogens with one attached hydrogen (secondary N) is 2. The Kier molecular flexibility index (Phi) is 6.37. The Morgan fingerprint density at radius 3 is 3.06 bits per heavy atom. The van der Waals surface area contributed by atoms with Gasteiger partial charge in [0.1, 0.15) is 6.04 Å². The van der Waals surface area contributed by atoms with Gasteiger partial charge in [-0.05, 0) is 26.3 Å². The van der Waals surface area contributed by atoms with Crippen molar-refractivity contribution in [1.82, 2.24) is 15.5 Å². The van der Waals surface area contributed by atoms with E-state index in [0.717, 1.165) is 39.0 Å². The van der Waals surface area contributed by atoms with E-state index in [1.165, 1.54) is 0 Å². The van der Waals surface area contributed by atoms with E-state index in [-0.39, 0.29) is 18.6 Å². The fourth-order valence-corrected chi connectivity index (χ4v) is 1.99. The lowest BCUT2D eigenvalue weighted by Gasteiger charge is -2.35. The predicted molar refractivity (Wildman–Crippen MR) is 63.2 cm³/mol. The van der Waals surface area contributed by atoms with Gasteiger partial charge >= 0.3 is 0 Å². The second kappa shape index (κ2) is 7.60. The van der Waals surface area contributed by atoms with Crippen molar-refractivity contribution >= 4 is 5.91 Å². The van der Waals surface area contributed by atoms with Crippen molar-refractivity contribution in [2.45, 2.75) is 25.8 Å². The van der Waals surface area contributed by atoms with Crippen molar-refractivity contribution in [3.05, 3.63) is 0 Å². The third-order valence-electron chi connectivity index (χ3n) is 2.86. The normalized spacial score (nSPS) is 22.0. The van der Waals surface area contributed by atoms with Crippen molar-refractivity contribution in [2.75, 3.05) is 39.3 Å². The van der Waals surface area contributed by atoms with Crippen LogP contribution in [0.4, 0.5) is 0 Å². The van der Waals surface area contributed by atoms with Crippen LogP contribution in [0.15, 0.2) is 0 Å². The Hall–Kier alpha value is -0.650. The molecule has 0 bridgehead atoms. The summed E-state index contributed by atoms with van der Waals surface area (Å²) < 4.78 is 0. The van der Waals surface area contributed by atoms with Gasteiger partial charge in [0.05, 0.1) is 0 Å². The average molecular weight is 229 g/mol. The summed E-state index contributed by atoms with van der Waals surface area (Å²) in [5, 5.41) is 14.9. The second-order valence-electron chi connectivity index (χ2n) is 4.08. The van der Waals surface area contributed by atoms with Crippen molar-refractivity contribution in [3.63, 3.8) is 0 Å². The molecular formula is C11H23N3O2. The quantitative estimate of drug-likeness (QED) is 0.520. The van der Waals surface area contributed by atoms with Gasteiger partial charge in [0, 0.05) is 32.8 Å². The molecule has 0 spiro atoms. The van der Waals surface area contributed by atoms with Crippen LogP contribution in [0.1, 0.15) is 19.8 Å². The highest BCUT2D eigenvalue weighted by atomic mass is 16.2. The molecule has 16 heavy (non-hydrogen) atoms. The molecule has 94 valence electrons. The molecule has 5 heteroatoms. The first-order valence-electron chi connectivity index (χ1n) is 6.13. The molecule has 1 amide bonds. The summed E-state index contributed by atoms with van der Waals surface area (Å²) >= 11 is 0. The number of carbonyl (C=O) groups excluding carboxylic acids is 1. The van der Waals surface area contributed by atoms with Gasteiger partial charge in [0.2, 0.25) is 5.91 Å². The molecular weight excluding hydrogens is 206 g/mol. The number of nitrogens with zero attached hydrogens (tertiary/aromatic N) is 1. The summed E-state index contributed by atoms with van der Waals surface area (Å²) in [6, 6.07) is -0.0487. The summed E-state index contributed by atoms with van der Waals surface area (Å²) in [5.41, 5.74) is 0. The van der Waals surface area contributed by atoms with Crippen LogP contribution in [-0.4, -0.2) is 61.3 Å². The lowest BCUT2D eigenvalue weighted by Crippen LogP contribution is -2.57. The maximum atomic E-state index is 11.8.